The number of nitrogens with one attached hydrogen (secondary N) is 1. The Morgan fingerprint density at radius 3 is 2.15 bits per heavy atom. The maximum atomic E-state index is 9.87. The van der Waals surface area contributed by atoms with Crippen molar-refractivity contribution in [3.05, 3.63) is 35.9 Å². The molecule has 1 unspecified atom stereocenters. The Balaban J connectivity index is 2.92. The smallest absolute Gasteiger partial charge is 0.0785 e. The van der Waals surface area contributed by atoms with Crippen molar-refractivity contribution >= 4 is 0 Å². The van der Waals surface area contributed by atoms with E-state index in [4.69, 9.17) is 0 Å². The van der Waals surface area contributed by atoms with Crippen LogP contribution in [-0.4, -0.2) is 17.8 Å². The summed E-state index contributed by atoms with van der Waals surface area (Å²) in [6, 6.07) is 9.93. The van der Waals surface area contributed by atoms with E-state index in [-0.39, 0.29) is 6.04 Å². The molecule has 0 radical (unpaired) electrons. The lowest BCUT2D eigenvalue weighted by atomic mass is 9.92. The summed E-state index contributed by atoms with van der Waals surface area (Å²) in [5.41, 5.74) is 0.369. The molecule has 2 N–H and O–H groups in total. The molecule has 13 heavy (non-hydrogen) atoms. The Bertz CT molecular complexity index is 251. The highest BCUT2D eigenvalue weighted by atomic mass is 16.3. The maximum absolute atomic E-state index is 9.87. The van der Waals surface area contributed by atoms with Crippen molar-refractivity contribution in [1.29, 1.82) is 0 Å². The van der Waals surface area contributed by atoms with Gasteiger partial charge in [-0.2, -0.15) is 0 Å². The summed E-state index contributed by atoms with van der Waals surface area (Å²) >= 11 is 0. The fraction of sp³-hybridized carbons (Fsp3) is 0.455. The normalized spacial score (nSPS) is 14.2. The van der Waals surface area contributed by atoms with Crippen molar-refractivity contribution in [1.82, 2.24) is 5.32 Å². The monoisotopic (exact) mass is 179 g/mol. The van der Waals surface area contributed by atoms with Gasteiger partial charge in [-0.25, -0.2) is 0 Å². The molecule has 1 rings (SSSR count). The van der Waals surface area contributed by atoms with Gasteiger partial charge in [-0.3, -0.25) is 0 Å². The molecule has 0 amide bonds. The van der Waals surface area contributed by atoms with Gasteiger partial charge in [0.15, 0.2) is 0 Å². The molecule has 0 saturated carbocycles. The molecule has 0 heterocycles. The highest BCUT2D eigenvalue weighted by Crippen LogP contribution is 2.24. The average Bonchev–Trinajstić information content (AvgIpc) is 2.05. The van der Waals surface area contributed by atoms with Crippen molar-refractivity contribution in [2.45, 2.75) is 25.5 Å². The van der Waals surface area contributed by atoms with E-state index in [0.717, 1.165) is 5.56 Å². The molecule has 0 aliphatic rings. The number of hydrogen-bond donors (Lipinski definition) is 2. The van der Waals surface area contributed by atoms with Crippen molar-refractivity contribution in [3.8, 4) is 0 Å². The van der Waals surface area contributed by atoms with Gasteiger partial charge in [-0.15, -0.1) is 0 Å². The quantitative estimate of drug-likeness (QED) is 0.740. The van der Waals surface area contributed by atoms with Gasteiger partial charge in [0.05, 0.1) is 11.6 Å². The Kier molecular flexibility index (Phi) is 3.07. The zero-order valence-corrected chi connectivity index (χ0v) is 8.41. The van der Waals surface area contributed by atoms with Crippen LogP contribution in [0.15, 0.2) is 30.3 Å². The molecule has 0 fully saturated rings. The lowest BCUT2D eigenvalue weighted by Crippen LogP contribution is -2.37. The van der Waals surface area contributed by atoms with E-state index in [1.54, 1.807) is 13.8 Å². The summed E-state index contributed by atoms with van der Waals surface area (Å²) in [7, 11) is 1.86. The fourth-order valence-corrected chi connectivity index (χ4v) is 1.57. The number of hydrogen-bond acceptors (Lipinski definition) is 2. The van der Waals surface area contributed by atoms with Gasteiger partial charge < -0.3 is 10.4 Å². The van der Waals surface area contributed by atoms with Gasteiger partial charge in [0.25, 0.3) is 0 Å². The lowest BCUT2D eigenvalue weighted by Gasteiger charge is -2.29. The first kappa shape index (κ1) is 10.2. The van der Waals surface area contributed by atoms with Crippen LogP contribution in [0.1, 0.15) is 25.5 Å². The first-order chi connectivity index (χ1) is 6.05. The molecule has 0 aliphatic heterocycles. The van der Waals surface area contributed by atoms with E-state index in [1.165, 1.54) is 0 Å². The Morgan fingerprint density at radius 2 is 1.77 bits per heavy atom. The highest BCUT2D eigenvalue weighted by Gasteiger charge is 2.26. The first-order valence-corrected chi connectivity index (χ1v) is 4.50. The van der Waals surface area contributed by atoms with E-state index in [1.807, 2.05) is 37.4 Å². The number of rotatable bonds is 3. The van der Waals surface area contributed by atoms with Crippen molar-refractivity contribution in [2.24, 2.45) is 0 Å². The maximum Gasteiger partial charge on any atom is 0.0785 e. The zero-order valence-electron chi connectivity index (χ0n) is 8.41. The minimum absolute atomic E-state index is 0.0197. The molecule has 72 valence electrons. The van der Waals surface area contributed by atoms with Crippen LogP contribution < -0.4 is 5.32 Å². The van der Waals surface area contributed by atoms with Gasteiger partial charge in [-0.1, -0.05) is 30.3 Å². The van der Waals surface area contributed by atoms with Crippen LogP contribution in [0.5, 0.6) is 0 Å². The summed E-state index contributed by atoms with van der Waals surface area (Å²) in [5.74, 6) is 0. The van der Waals surface area contributed by atoms with Gasteiger partial charge in [-0.05, 0) is 26.5 Å². The second-order valence-electron chi connectivity index (χ2n) is 3.79. The third kappa shape index (κ3) is 2.54. The fourth-order valence-electron chi connectivity index (χ4n) is 1.57. The van der Waals surface area contributed by atoms with Crippen LogP contribution in [0.3, 0.4) is 0 Å². The van der Waals surface area contributed by atoms with Crippen molar-refractivity contribution < 1.29 is 5.11 Å². The molecule has 0 bridgehead atoms. The largest absolute Gasteiger partial charge is 0.388 e. The van der Waals surface area contributed by atoms with E-state index in [9.17, 15) is 5.11 Å². The Labute approximate surface area is 79.6 Å². The van der Waals surface area contributed by atoms with E-state index >= 15 is 0 Å². The summed E-state index contributed by atoms with van der Waals surface area (Å²) < 4.78 is 0. The predicted molar refractivity (Wildman–Crippen MR) is 54.5 cm³/mol. The average molecular weight is 179 g/mol. The van der Waals surface area contributed by atoms with Crippen molar-refractivity contribution in [3.63, 3.8) is 0 Å². The third-order valence-electron chi connectivity index (χ3n) is 2.13. The number of likely N-dealkylation sites (N-methyl/N-ethyl adjacent to an activating group) is 1. The molecule has 2 nitrogen and oxygen atoms in total. The van der Waals surface area contributed by atoms with Crippen molar-refractivity contribution in [2.75, 3.05) is 7.05 Å². The van der Waals surface area contributed by atoms with Crippen LogP contribution in [0.25, 0.3) is 0 Å². The molecule has 0 spiro atoms. The summed E-state index contributed by atoms with van der Waals surface area (Å²) in [6.45, 7) is 3.61. The Hall–Kier alpha value is -0.860. The zero-order chi connectivity index (χ0) is 9.90. The van der Waals surface area contributed by atoms with Gasteiger partial charge in [0.1, 0.15) is 0 Å². The third-order valence-corrected chi connectivity index (χ3v) is 2.13. The molecule has 0 saturated heterocycles. The van der Waals surface area contributed by atoms with Crippen LogP contribution >= 0.6 is 0 Å². The van der Waals surface area contributed by atoms with Crippen LogP contribution in [0.2, 0.25) is 0 Å². The summed E-state index contributed by atoms with van der Waals surface area (Å²) in [6.07, 6.45) is 0. The standard InChI is InChI=1S/C11H17NO/c1-11(2,13)10(12-3)9-7-5-4-6-8-9/h4-8,10,12-13H,1-3H3. The van der Waals surface area contributed by atoms with E-state index < -0.39 is 5.60 Å². The van der Waals surface area contributed by atoms with Crippen LogP contribution in [0, 0.1) is 0 Å². The lowest BCUT2D eigenvalue weighted by molar-refractivity contribution is 0.0400. The number of benzene rings is 1. The van der Waals surface area contributed by atoms with Gasteiger partial charge >= 0.3 is 0 Å². The second-order valence-corrected chi connectivity index (χ2v) is 3.79. The van der Waals surface area contributed by atoms with Crippen LogP contribution in [0.4, 0.5) is 0 Å². The molecule has 1 aromatic rings. The minimum atomic E-state index is -0.740. The molecular weight excluding hydrogens is 162 g/mol. The van der Waals surface area contributed by atoms with E-state index in [0.29, 0.717) is 0 Å². The molecule has 0 aliphatic carbocycles. The highest BCUT2D eigenvalue weighted by molar-refractivity contribution is 5.21. The van der Waals surface area contributed by atoms with Crippen LogP contribution in [-0.2, 0) is 0 Å². The van der Waals surface area contributed by atoms with Gasteiger partial charge in [0, 0.05) is 0 Å². The SMILES string of the molecule is CNC(c1ccccc1)C(C)(C)O. The van der Waals surface area contributed by atoms with Gasteiger partial charge in [0.2, 0.25) is 0 Å². The number of aliphatic hydroxyl groups is 1. The summed E-state index contributed by atoms with van der Waals surface area (Å²) in [4.78, 5) is 0. The van der Waals surface area contributed by atoms with E-state index in [2.05, 4.69) is 5.32 Å². The molecular formula is C11H17NO. The molecule has 2 heteroatoms. The topological polar surface area (TPSA) is 32.3 Å². The second kappa shape index (κ2) is 3.90. The molecule has 1 atom stereocenters. The predicted octanol–water partition coefficient (Wildman–Crippen LogP) is 1.72. The Morgan fingerprint density at radius 1 is 1.23 bits per heavy atom. The molecule has 0 aromatic heterocycles. The molecule has 1 aromatic carbocycles. The minimum Gasteiger partial charge on any atom is -0.388 e. The summed E-state index contributed by atoms with van der Waals surface area (Å²) in [5, 5.41) is 13.0. The first-order valence-electron chi connectivity index (χ1n) is 4.50.